The van der Waals surface area contributed by atoms with E-state index in [-0.39, 0.29) is 12.5 Å². The first-order chi connectivity index (χ1) is 12.2. The first-order valence-electron chi connectivity index (χ1n) is 8.27. The molecule has 25 heavy (non-hydrogen) atoms. The lowest BCUT2D eigenvalue weighted by atomic mass is 10.1. The fourth-order valence-electron chi connectivity index (χ4n) is 2.55. The molecular formula is C19H20ClNO4. The van der Waals surface area contributed by atoms with Crippen molar-refractivity contribution in [2.75, 3.05) is 25.1 Å². The molecule has 0 bridgehead atoms. The van der Waals surface area contributed by atoms with Gasteiger partial charge in [-0.15, -0.1) is 0 Å². The molecule has 3 rings (SSSR count). The quantitative estimate of drug-likeness (QED) is 0.871. The van der Waals surface area contributed by atoms with Gasteiger partial charge in [0.2, 0.25) is 0 Å². The molecule has 1 aliphatic rings. The Morgan fingerprint density at radius 2 is 1.92 bits per heavy atom. The molecule has 6 heteroatoms. The zero-order valence-electron chi connectivity index (χ0n) is 14.0. The SMILES string of the molecule is CCc1ccccc1OCC(=O)Nc1cc2c(cc1Cl)OCCCO2. The van der Waals surface area contributed by atoms with Crippen molar-refractivity contribution < 1.29 is 19.0 Å². The van der Waals surface area contributed by atoms with Crippen LogP contribution >= 0.6 is 11.6 Å². The zero-order valence-corrected chi connectivity index (χ0v) is 14.8. The van der Waals surface area contributed by atoms with Crippen molar-refractivity contribution in [1.29, 1.82) is 0 Å². The highest BCUT2D eigenvalue weighted by Crippen LogP contribution is 2.37. The second-order valence-corrected chi connectivity index (χ2v) is 6.03. The minimum atomic E-state index is -0.290. The molecule has 0 atom stereocenters. The molecule has 0 saturated carbocycles. The van der Waals surface area contributed by atoms with Crippen LogP contribution in [0.1, 0.15) is 18.9 Å². The smallest absolute Gasteiger partial charge is 0.262 e. The summed E-state index contributed by atoms with van der Waals surface area (Å²) in [5.41, 5.74) is 1.53. The third-order valence-electron chi connectivity index (χ3n) is 3.82. The van der Waals surface area contributed by atoms with Crippen LogP contribution in [0.2, 0.25) is 5.02 Å². The van der Waals surface area contributed by atoms with E-state index in [4.69, 9.17) is 25.8 Å². The number of ether oxygens (including phenoxy) is 3. The maximum Gasteiger partial charge on any atom is 0.262 e. The highest BCUT2D eigenvalue weighted by atomic mass is 35.5. The Labute approximate surface area is 151 Å². The second kappa shape index (κ2) is 8.12. The molecule has 0 aromatic heterocycles. The molecule has 1 amide bonds. The number of nitrogens with one attached hydrogen (secondary N) is 1. The first kappa shape index (κ1) is 17.4. The molecule has 0 saturated heterocycles. The number of hydrogen-bond donors (Lipinski definition) is 1. The van der Waals surface area contributed by atoms with Crippen LogP contribution in [-0.4, -0.2) is 25.7 Å². The van der Waals surface area contributed by atoms with E-state index in [1.165, 1.54) is 0 Å². The molecule has 1 heterocycles. The number of hydrogen-bond acceptors (Lipinski definition) is 4. The van der Waals surface area contributed by atoms with Crippen LogP contribution in [0.3, 0.4) is 0 Å². The summed E-state index contributed by atoms with van der Waals surface area (Å²) in [6.45, 7) is 3.10. The third kappa shape index (κ3) is 4.37. The topological polar surface area (TPSA) is 56.8 Å². The molecule has 132 valence electrons. The number of aryl methyl sites for hydroxylation is 1. The van der Waals surface area contributed by atoms with Gasteiger partial charge in [0.1, 0.15) is 5.75 Å². The summed E-state index contributed by atoms with van der Waals surface area (Å²) in [4.78, 5) is 12.2. The van der Waals surface area contributed by atoms with E-state index in [0.29, 0.717) is 41.2 Å². The van der Waals surface area contributed by atoms with Crippen LogP contribution in [0.5, 0.6) is 17.2 Å². The molecule has 0 fully saturated rings. The Morgan fingerprint density at radius 1 is 1.20 bits per heavy atom. The van der Waals surface area contributed by atoms with Gasteiger partial charge in [-0.1, -0.05) is 36.7 Å². The lowest BCUT2D eigenvalue weighted by Crippen LogP contribution is -2.20. The van der Waals surface area contributed by atoms with E-state index >= 15 is 0 Å². The molecular weight excluding hydrogens is 342 g/mol. The predicted molar refractivity (Wildman–Crippen MR) is 97.0 cm³/mol. The monoisotopic (exact) mass is 361 g/mol. The molecule has 0 radical (unpaired) electrons. The number of carbonyl (C=O) groups is 1. The van der Waals surface area contributed by atoms with Crippen LogP contribution in [0.15, 0.2) is 36.4 Å². The van der Waals surface area contributed by atoms with E-state index in [1.807, 2.05) is 31.2 Å². The highest BCUT2D eigenvalue weighted by Gasteiger charge is 2.16. The van der Waals surface area contributed by atoms with Gasteiger partial charge in [0.15, 0.2) is 18.1 Å². The fourth-order valence-corrected chi connectivity index (χ4v) is 2.75. The number of fused-ring (bicyclic) bond motifs is 1. The maximum atomic E-state index is 12.2. The van der Waals surface area contributed by atoms with Crippen LogP contribution in [0.4, 0.5) is 5.69 Å². The van der Waals surface area contributed by atoms with Gasteiger partial charge in [0.05, 0.1) is 23.9 Å². The summed E-state index contributed by atoms with van der Waals surface area (Å²) in [5, 5.41) is 3.15. The van der Waals surface area contributed by atoms with Crippen molar-refractivity contribution in [3.05, 3.63) is 47.0 Å². The maximum absolute atomic E-state index is 12.2. The van der Waals surface area contributed by atoms with Gasteiger partial charge in [-0.05, 0) is 18.1 Å². The Hall–Kier alpha value is -2.40. The van der Waals surface area contributed by atoms with E-state index in [9.17, 15) is 4.79 Å². The summed E-state index contributed by atoms with van der Waals surface area (Å²) in [5.74, 6) is 1.59. The zero-order chi connectivity index (χ0) is 17.6. The van der Waals surface area contributed by atoms with Crippen molar-refractivity contribution in [1.82, 2.24) is 0 Å². The van der Waals surface area contributed by atoms with Crippen LogP contribution in [0, 0.1) is 0 Å². The van der Waals surface area contributed by atoms with Crippen molar-refractivity contribution in [3.8, 4) is 17.2 Å². The minimum absolute atomic E-state index is 0.0955. The standard InChI is InChI=1S/C19H20ClNO4/c1-2-13-6-3-4-7-16(13)25-12-19(22)21-15-11-18-17(10-14(15)20)23-8-5-9-24-18/h3-4,6-7,10-11H,2,5,8-9,12H2,1H3,(H,21,22). The van der Waals surface area contributed by atoms with Crippen molar-refractivity contribution >= 4 is 23.2 Å². The Morgan fingerprint density at radius 3 is 2.68 bits per heavy atom. The van der Waals surface area contributed by atoms with Crippen molar-refractivity contribution in [2.45, 2.75) is 19.8 Å². The molecule has 2 aromatic carbocycles. The summed E-state index contributed by atoms with van der Waals surface area (Å²) < 4.78 is 16.8. The van der Waals surface area contributed by atoms with E-state index in [0.717, 1.165) is 18.4 Å². The van der Waals surface area contributed by atoms with Crippen molar-refractivity contribution in [2.24, 2.45) is 0 Å². The predicted octanol–water partition coefficient (Wildman–Crippen LogP) is 4.08. The van der Waals surface area contributed by atoms with Crippen molar-refractivity contribution in [3.63, 3.8) is 0 Å². The van der Waals surface area contributed by atoms with Gasteiger partial charge in [0, 0.05) is 18.6 Å². The number of amides is 1. The second-order valence-electron chi connectivity index (χ2n) is 5.63. The lowest BCUT2D eigenvalue weighted by molar-refractivity contribution is -0.118. The molecule has 0 spiro atoms. The van der Waals surface area contributed by atoms with E-state index in [1.54, 1.807) is 12.1 Å². The largest absolute Gasteiger partial charge is 0.490 e. The lowest BCUT2D eigenvalue weighted by Gasteiger charge is -2.13. The fraction of sp³-hybridized carbons (Fsp3) is 0.316. The summed E-state index contributed by atoms with van der Waals surface area (Å²) in [7, 11) is 0. The highest BCUT2D eigenvalue weighted by molar-refractivity contribution is 6.34. The van der Waals surface area contributed by atoms with Gasteiger partial charge in [-0.2, -0.15) is 0 Å². The Bertz CT molecular complexity index is 763. The summed E-state index contributed by atoms with van der Waals surface area (Å²) >= 11 is 6.23. The summed E-state index contributed by atoms with van der Waals surface area (Å²) in [6, 6.07) is 11.0. The van der Waals surface area contributed by atoms with Gasteiger partial charge in [-0.3, -0.25) is 4.79 Å². The van der Waals surface area contributed by atoms with E-state index in [2.05, 4.69) is 5.32 Å². The first-order valence-corrected chi connectivity index (χ1v) is 8.65. The molecule has 5 nitrogen and oxygen atoms in total. The van der Waals surface area contributed by atoms with Gasteiger partial charge in [-0.25, -0.2) is 0 Å². The third-order valence-corrected chi connectivity index (χ3v) is 4.14. The Balaban J connectivity index is 1.66. The van der Waals surface area contributed by atoms with Crippen LogP contribution < -0.4 is 19.5 Å². The number of para-hydroxylation sites is 1. The molecule has 1 aliphatic heterocycles. The average Bonchev–Trinajstić information content (AvgIpc) is 2.85. The summed E-state index contributed by atoms with van der Waals surface area (Å²) in [6.07, 6.45) is 1.64. The van der Waals surface area contributed by atoms with E-state index < -0.39 is 0 Å². The minimum Gasteiger partial charge on any atom is -0.490 e. The number of halogens is 1. The Kier molecular flexibility index (Phi) is 5.66. The molecule has 2 aromatic rings. The molecule has 0 unspecified atom stereocenters. The number of rotatable bonds is 5. The number of benzene rings is 2. The van der Waals surface area contributed by atoms with Crippen LogP contribution in [0.25, 0.3) is 0 Å². The van der Waals surface area contributed by atoms with Gasteiger partial charge in [0.25, 0.3) is 5.91 Å². The average molecular weight is 362 g/mol. The van der Waals surface area contributed by atoms with Gasteiger partial charge < -0.3 is 19.5 Å². The number of anilines is 1. The van der Waals surface area contributed by atoms with Gasteiger partial charge >= 0.3 is 0 Å². The molecule has 1 N–H and O–H groups in total. The van der Waals surface area contributed by atoms with Crippen LogP contribution in [-0.2, 0) is 11.2 Å². The number of carbonyl (C=O) groups excluding carboxylic acids is 1. The normalized spacial score (nSPS) is 13.0. The molecule has 0 aliphatic carbocycles.